The Hall–Kier alpha value is -1.35. The average Bonchev–Trinajstić information content (AvgIpc) is 2.64. The van der Waals surface area contributed by atoms with Crippen LogP contribution >= 0.6 is 0 Å². The van der Waals surface area contributed by atoms with E-state index in [-0.39, 0.29) is 27.6 Å². The number of nitrogens with two attached hydrogens (primary N) is 1. The zero-order valence-corrected chi connectivity index (χ0v) is 14.3. The van der Waals surface area contributed by atoms with E-state index in [2.05, 4.69) is 5.32 Å². The van der Waals surface area contributed by atoms with E-state index in [4.69, 9.17) is 5.73 Å². The summed E-state index contributed by atoms with van der Waals surface area (Å²) in [5.74, 6) is -0.422. The summed E-state index contributed by atoms with van der Waals surface area (Å²) in [4.78, 5) is 24.3. The zero-order valence-electron chi connectivity index (χ0n) is 11.4. The second kappa shape index (κ2) is 5.33. The third-order valence-electron chi connectivity index (χ3n) is 3.72. The molecule has 1 aromatic rings. The maximum atomic E-state index is 11.7. The van der Waals surface area contributed by atoms with Crippen LogP contribution in [0.1, 0.15) is 22.3 Å². The van der Waals surface area contributed by atoms with Crippen LogP contribution in [-0.2, 0) is 25.9 Å². The van der Waals surface area contributed by atoms with Crippen molar-refractivity contribution in [1.29, 1.82) is 0 Å². The first-order chi connectivity index (χ1) is 8.34. The van der Waals surface area contributed by atoms with Crippen molar-refractivity contribution in [2.45, 2.75) is 27.7 Å². The molecule has 102 valence electrons. The fraction of sp³-hybridized carbons (Fsp3) is 0.385. The molecule has 2 rings (SSSR count). The minimum Gasteiger partial charge on any atom is -0.401 e. The number of rotatable bonds is 1. The number of hydrogen-bond acceptors (Lipinski definition) is 3. The third-order valence-corrected chi connectivity index (χ3v) is 3.72. The van der Waals surface area contributed by atoms with Gasteiger partial charge in [-0.25, -0.2) is 0 Å². The van der Waals surface area contributed by atoms with Crippen LogP contribution in [0.3, 0.4) is 0 Å². The summed E-state index contributed by atoms with van der Waals surface area (Å²) in [5.41, 5.74) is 11.3. The van der Waals surface area contributed by atoms with Crippen LogP contribution in [0.4, 0.5) is 16.2 Å². The van der Waals surface area contributed by atoms with Crippen molar-refractivity contribution in [3.63, 3.8) is 0 Å². The van der Waals surface area contributed by atoms with Gasteiger partial charge in [-0.3, -0.25) is 9.59 Å². The molecule has 0 aromatic heterocycles. The van der Waals surface area contributed by atoms with Crippen molar-refractivity contribution in [3.05, 3.63) is 27.6 Å². The average molecular weight is 430 g/mol. The fourth-order valence-corrected chi connectivity index (χ4v) is 2.25. The van der Waals surface area contributed by atoms with Crippen molar-refractivity contribution in [3.8, 4) is 0 Å². The monoisotopic (exact) mass is 430 g/mol. The van der Waals surface area contributed by atoms with Gasteiger partial charge in [0.15, 0.2) is 6.03 Å². The number of anilines is 2. The van der Waals surface area contributed by atoms with Crippen LogP contribution in [-0.4, -0.2) is 18.5 Å². The van der Waals surface area contributed by atoms with E-state index < -0.39 is 11.9 Å². The molecule has 2 N–H and O–H groups in total. The van der Waals surface area contributed by atoms with E-state index in [0.29, 0.717) is 11.4 Å². The molecule has 0 atom stereocenters. The number of nitrogen functional groups attached to an aromatic ring is 1. The summed E-state index contributed by atoms with van der Waals surface area (Å²) in [7, 11) is 0. The van der Waals surface area contributed by atoms with Gasteiger partial charge in [-0.05, 0) is 55.6 Å². The molecular weight excluding hydrogens is 414 g/mol. The topological polar surface area (TPSA) is 77.5 Å². The first-order valence-electron chi connectivity index (χ1n) is 5.76. The second-order valence-electron chi connectivity index (χ2n) is 4.64. The Balaban J connectivity index is 0.00000180. The van der Waals surface area contributed by atoms with Gasteiger partial charge < -0.3 is 16.0 Å². The minimum absolute atomic E-state index is 0. The first kappa shape index (κ1) is 15.7. The molecule has 0 aliphatic carbocycles. The SMILES string of the molecule is Cc1c(C)c(C)c(N2CC(=O)[N-]C2=O)c(N)c1C.[W]. The summed E-state index contributed by atoms with van der Waals surface area (Å²) in [6, 6.07) is -0.530. The summed E-state index contributed by atoms with van der Waals surface area (Å²) >= 11 is 0. The van der Waals surface area contributed by atoms with E-state index in [1.54, 1.807) is 0 Å². The van der Waals surface area contributed by atoms with Crippen LogP contribution in [0.15, 0.2) is 0 Å². The number of nitrogens with zero attached hydrogens (tertiary/aromatic N) is 2. The summed E-state index contributed by atoms with van der Waals surface area (Å²) in [6.07, 6.45) is 0. The molecular formula is C13H16N3O2W-. The molecule has 0 unspecified atom stereocenters. The Kier molecular flexibility index (Phi) is 4.41. The molecule has 3 amide bonds. The van der Waals surface area contributed by atoms with Crippen molar-refractivity contribution in [2.75, 3.05) is 17.2 Å². The van der Waals surface area contributed by atoms with Crippen molar-refractivity contribution < 1.29 is 30.7 Å². The second-order valence-corrected chi connectivity index (χ2v) is 4.64. The van der Waals surface area contributed by atoms with Gasteiger partial charge in [0.25, 0.3) is 0 Å². The van der Waals surface area contributed by atoms with Gasteiger partial charge in [0, 0.05) is 33.3 Å². The molecule has 1 aliphatic rings. The van der Waals surface area contributed by atoms with Gasteiger partial charge in [0.05, 0.1) is 0 Å². The number of imide groups is 1. The normalized spacial score (nSPS) is 14.4. The Bertz CT molecular complexity index is 540. The minimum atomic E-state index is -0.530. The van der Waals surface area contributed by atoms with Crippen molar-refractivity contribution >= 4 is 23.3 Å². The van der Waals surface area contributed by atoms with Crippen molar-refractivity contribution in [1.82, 2.24) is 0 Å². The number of hydrogen-bond donors (Lipinski definition) is 1. The first-order valence-corrected chi connectivity index (χ1v) is 5.76. The van der Waals surface area contributed by atoms with E-state index in [1.165, 1.54) is 4.90 Å². The molecule has 0 radical (unpaired) electrons. The molecule has 0 spiro atoms. The molecule has 1 heterocycles. The molecule has 1 aliphatic heterocycles. The molecule has 1 fully saturated rings. The van der Waals surface area contributed by atoms with Crippen LogP contribution in [0.2, 0.25) is 0 Å². The molecule has 6 heteroatoms. The van der Waals surface area contributed by atoms with Crippen LogP contribution in [0.25, 0.3) is 5.32 Å². The maximum absolute atomic E-state index is 11.7. The van der Waals surface area contributed by atoms with E-state index in [9.17, 15) is 9.59 Å². The van der Waals surface area contributed by atoms with Gasteiger partial charge in [-0.1, -0.05) is 0 Å². The Morgan fingerprint density at radius 3 is 2.00 bits per heavy atom. The molecule has 1 saturated heterocycles. The Morgan fingerprint density at radius 1 is 1.00 bits per heavy atom. The number of amides is 3. The molecule has 0 bridgehead atoms. The van der Waals surface area contributed by atoms with Gasteiger partial charge in [-0.15, -0.1) is 0 Å². The molecule has 19 heavy (non-hydrogen) atoms. The van der Waals surface area contributed by atoms with Gasteiger partial charge in [-0.2, -0.15) is 0 Å². The van der Waals surface area contributed by atoms with E-state index in [0.717, 1.165) is 22.3 Å². The summed E-state index contributed by atoms with van der Waals surface area (Å²) in [5, 5.41) is 3.40. The molecule has 5 nitrogen and oxygen atoms in total. The summed E-state index contributed by atoms with van der Waals surface area (Å²) in [6.45, 7) is 7.79. The number of carbonyl (C=O) groups is 2. The predicted molar refractivity (Wildman–Crippen MR) is 70.9 cm³/mol. The quantitative estimate of drug-likeness (QED) is 0.549. The zero-order chi connectivity index (χ0) is 13.6. The van der Waals surface area contributed by atoms with E-state index in [1.807, 2.05) is 27.7 Å². The Labute approximate surface area is 126 Å². The van der Waals surface area contributed by atoms with E-state index >= 15 is 0 Å². The van der Waals surface area contributed by atoms with Crippen LogP contribution < -0.4 is 10.6 Å². The predicted octanol–water partition coefficient (Wildman–Crippen LogP) is 2.34. The Morgan fingerprint density at radius 2 is 1.53 bits per heavy atom. The van der Waals surface area contributed by atoms with Crippen LogP contribution in [0.5, 0.6) is 0 Å². The van der Waals surface area contributed by atoms with Crippen LogP contribution in [0, 0.1) is 27.7 Å². The fourth-order valence-electron chi connectivity index (χ4n) is 2.25. The maximum Gasteiger partial charge on any atom is 0.165 e. The van der Waals surface area contributed by atoms with Gasteiger partial charge in [0.1, 0.15) is 5.91 Å². The molecule has 1 aromatic carbocycles. The van der Waals surface area contributed by atoms with Gasteiger partial charge >= 0.3 is 0 Å². The third kappa shape index (κ3) is 2.39. The number of carbonyl (C=O) groups excluding carboxylic acids is 2. The summed E-state index contributed by atoms with van der Waals surface area (Å²) < 4.78 is 0. The van der Waals surface area contributed by atoms with Gasteiger partial charge in [0.2, 0.25) is 0 Å². The smallest absolute Gasteiger partial charge is 0.165 e. The van der Waals surface area contributed by atoms with Crippen molar-refractivity contribution in [2.24, 2.45) is 0 Å². The molecule has 0 saturated carbocycles. The number of benzene rings is 1. The largest absolute Gasteiger partial charge is 0.401 e. The standard InChI is InChI=1S/C13H17N3O2.W/c1-6-7(2)9(4)12(11(14)8(6)3)16-5-10(17)15-13(16)18;/h5,14H2,1-4H3,(H,15,17,18);/p-1. The number of urea groups is 1.